The Bertz CT molecular complexity index is 1540. The molecule has 0 aromatic rings. The standard InChI is InChI=1S/C60H111NO18/c1-3-5-7-9-11-12-13-14-15-16-17-18-19-20-21-22-23-24-25-26-27-28-29-30-31-32-33-35-37-44(65)43(61-48(66)38-36-34-10-8-6-4-2)42-74-58-54(72)51(69)56(46(40-63)76-58)79-60-55(73)52(70)57(47(41-64)77-60)78-59-53(71)50(68)49(67)45(39-62)75-59/h30-31,35,37,43-47,49-60,62-65,67-73H,3-29,32-34,36,38-42H2,1-2H3,(H,61,66)/b31-30+,37-35+. The summed E-state index contributed by atoms with van der Waals surface area (Å²) in [5.74, 6) is -0.294. The molecule has 3 saturated heterocycles. The minimum absolute atomic E-state index is 0.234. The van der Waals surface area contributed by atoms with Gasteiger partial charge in [0.15, 0.2) is 18.9 Å². The number of hydrogen-bond acceptors (Lipinski definition) is 18. The molecule has 17 atom stereocenters. The van der Waals surface area contributed by atoms with Gasteiger partial charge in [-0.3, -0.25) is 4.79 Å². The summed E-state index contributed by atoms with van der Waals surface area (Å²) in [6.45, 7) is 1.63. The van der Waals surface area contributed by atoms with E-state index in [1.165, 1.54) is 135 Å². The van der Waals surface area contributed by atoms with Crippen LogP contribution >= 0.6 is 0 Å². The molecule has 0 aromatic heterocycles. The first kappa shape index (κ1) is 71.5. The van der Waals surface area contributed by atoms with Crippen molar-refractivity contribution in [2.24, 2.45) is 0 Å². The van der Waals surface area contributed by atoms with Crippen LogP contribution in [0.25, 0.3) is 0 Å². The van der Waals surface area contributed by atoms with Gasteiger partial charge < -0.3 is 89.9 Å². The van der Waals surface area contributed by atoms with Gasteiger partial charge in [0.1, 0.15) is 73.2 Å². The maximum Gasteiger partial charge on any atom is 0.220 e. The number of ether oxygens (including phenoxy) is 6. The minimum atomic E-state index is -1.98. The number of allylic oxidation sites excluding steroid dienone is 3. The quantitative estimate of drug-likeness (QED) is 0.0248. The van der Waals surface area contributed by atoms with Gasteiger partial charge >= 0.3 is 0 Å². The largest absolute Gasteiger partial charge is 0.394 e. The summed E-state index contributed by atoms with van der Waals surface area (Å²) in [5, 5.41) is 120. The smallest absolute Gasteiger partial charge is 0.220 e. The third kappa shape index (κ3) is 27.7. The second kappa shape index (κ2) is 43.8. The molecule has 0 bridgehead atoms. The summed E-state index contributed by atoms with van der Waals surface area (Å²) in [6, 6.07) is -0.983. The van der Waals surface area contributed by atoms with E-state index < -0.39 is 124 Å². The molecule has 0 aromatic carbocycles. The lowest BCUT2D eigenvalue weighted by atomic mass is 9.96. The first-order chi connectivity index (χ1) is 38.3. The molecule has 1 amide bonds. The van der Waals surface area contributed by atoms with E-state index in [9.17, 15) is 61.0 Å². The van der Waals surface area contributed by atoms with Gasteiger partial charge in [0, 0.05) is 6.42 Å². The van der Waals surface area contributed by atoms with Crippen molar-refractivity contribution < 1.29 is 89.4 Å². The summed E-state index contributed by atoms with van der Waals surface area (Å²) in [4.78, 5) is 13.1. The Hall–Kier alpha value is -1.73. The van der Waals surface area contributed by atoms with Crippen molar-refractivity contribution >= 4 is 5.91 Å². The molecule has 12 N–H and O–H groups in total. The van der Waals surface area contributed by atoms with E-state index in [1.54, 1.807) is 6.08 Å². The van der Waals surface area contributed by atoms with Crippen LogP contribution in [0.2, 0.25) is 0 Å². The normalized spacial score (nSPS) is 30.4. The van der Waals surface area contributed by atoms with Crippen molar-refractivity contribution in [2.45, 2.75) is 324 Å². The lowest BCUT2D eigenvalue weighted by molar-refractivity contribution is -0.379. The molecule has 0 aliphatic carbocycles. The molecular weight excluding hydrogens is 1020 g/mol. The Morgan fingerprint density at radius 2 is 0.810 bits per heavy atom. The Kier molecular flexibility index (Phi) is 39.7. The SMILES string of the molecule is CCCCCCCCCCCCCCCCCCCCCCCC/C=C/CC/C=C/C(O)C(COC1OC(CO)C(OC2OC(CO)C(OC3OC(CO)C(O)C(O)C3O)C(O)C2O)C(O)C1O)NC(=O)CCCCCCCC. The number of hydrogen-bond donors (Lipinski definition) is 12. The van der Waals surface area contributed by atoms with Gasteiger partial charge in [0.2, 0.25) is 5.91 Å². The van der Waals surface area contributed by atoms with Crippen LogP contribution < -0.4 is 5.32 Å². The molecular formula is C60H111NO18. The van der Waals surface area contributed by atoms with Crippen LogP contribution in [0.15, 0.2) is 24.3 Å². The fourth-order valence-electron chi connectivity index (χ4n) is 10.6. The molecule has 3 fully saturated rings. The number of carbonyl (C=O) groups is 1. The topological polar surface area (TPSA) is 307 Å². The van der Waals surface area contributed by atoms with Crippen LogP contribution in [-0.4, -0.2) is 193 Å². The first-order valence-electron chi connectivity index (χ1n) is 31.1. The number of nitrogens with one attached hydrogen (secondary N) is 1. The highest BCUT2D eigenvalue weighted by Crippen LogP contribution is 2.33. The molecule has 19 nitrogen and oxygen atoms in total. The van der Waals surface area contributed by atoms with Gasteiger partial charge in [0.05, 0.1) is 38.6 Å². The highest BCUT2D eigenvalue weighted by molar-refractivity contribution is 5.76. The van der Waals surface area contributed by atoms with Crippen molar-refractivity contribution in [3.8, 4) is 0 Å². The lowest BCUT2D eigenvalue weighted by Crippen LogP contribution is -2.66. The third-order valence-corrected chi connectivity index (χ3v) is 15.8. The van der Waals surface area contributed by atoms with Gasteiger partial charge in [0.25, 0.3) is 0 Å². The Balaban J connectivity index is 1.39. The summed E-state index contributed by atoms with van der Waals surface area (Å²) in [5.41, 5.74) is 0. The van der Waals surface area contributed by atoms with Gasteiger partial charge in [-0.1, -0.05) is 205 Å². The van der Waals surface area contributed by atoms with Crippen LogP contribution in [-0.2, 0) is 33.2 Å². The predicted molar refractivity (Wildman–Crippen MR) is 300 cm³/mol. The first-order valence-corrected chi connectivity index (χ1v) is 31.1. The van der Waals surface area contributed by atoms with E-state index in [2.05, 4.69) is 31.3 Å². The van der Waals surface area contributed by atoms with Crippen LogP contribution in [0.5, 0.6) is 0 Å². The number of rotatable bonds is 46. The molecule has 0 spiro atoms. The second-order valence-corrected chi connectivity index (χ2v) is 22.5. The van der Waals surface area contributed by atoms with E-state index in [1.807, 2.05) is 6.08 Å². The summed E-state index contributed by atoms with van der Waals surface area (Å²) in [6.07, 6.45) is 19.6. The van der Waals surface area contributed by atoms with Crippen molar-refractivity contribution in [1.82, 2.24) is 5.32 Å². The molecule has 464 valence electrons. The van der Waals surface area contributed by atoms with Gasteiger partial charge in [-0.25, -0.2) is 0 Å². The zero-order valence-corrected chi connectivity index (χ0v) is 48.4. The zero-order chi connectivity index (χ0) is 57.6. The molecule has 0 radical (unpaired) electrons. The second-order valence-electron chi connectivity index (χ2n) is 22.5. The lowest BCUT2D eigenvalue weighted by Gasteiger charge is -2.48. The number of carbonyl (C=O) groups excluding carboxylic acids is 1. The fourth-order valence-corrected chi connectivity index (χ4v) is 10.6. The van der Waals surface area contributed by atoms with E-state index >= 15 is 0 Å². The van der Waals surface area contributed by atoms with Crippen molar-refractivity contribution in [3.63, 3.8) is 0 Å². The molecule has 19 heteroatoms. The highest BCUT2D eigenvalue weighted by Gasteiger charge is 2.53. The molecule has 79 heavy (non-hydrogen) atoms. The number of aliphatic hydroxyl groups excluding tert-OH is 11. The molecule has 3 aliphatic heterocycles. The monoisotopic (exact) mass is 1130 g/mol. The van der Waals surface area contributed by atoms with Gasteiger partial charge in [-0.15, -0.1) is 0 Å². The van der Waals surface area contributed by atoms with Crippen molar-refractivity contribution in [2.75, 3.05) is 26.4 Å². The van der Waals surface area contributed by atoms with Crippen molar-refractivity contribution in [3.05, 3.63) is 24.3 Å². The summed E-state index contributed by atoms with van der Waals surface area (Å²) >= 11 is 0. The summed E-state index contributed by atoms with van der Waals surface area (Å²) in [7, 11) is 0. The molecule has 3 rings (SSSR count). The molecule has 0 saturated carbocycles. The zero-order valence-electron chi connectivity index (χ0n) is 48.4. The van der Waals surface area contributed by atoms with Crippen LogP contribution in [0.3, 0.4) is 0 Å². The van der Waals surface area contributed by atoms with Crippen molar-refractivity contribution in [1.29, 1.82) is 0 Å². The Morgan fingerprint density at radius 3 is 1.27 bits per heavy atom. The molecule has 17 unspecified atom stereocenters. The summed E-state index contributed by atoms with van der Waals surface area (Å²) < 4.78 is 34.1. The predicted octanol–water partition coefficient (Wildman–Crippen LogP) is 5.93. The van der Waals surface area contributed by atoms with E-state index in [4.69, 9.17) is 28.4 Å². The average molecular weight is 1130 g/mol. The van der Waals surface area contributed by atoms with Crippen LogP contribution in [0.1, 0.15) is 219 Å². The minimum Gasteiger partial charge on any atom is -0.394 e. The van der Waals surface area contributed by atoms with Gasteiger partial charge in [-0.2, -0.15) is 0 Å². The Morgan fingerprint density at radius 1 is 0.443 bits per heavy atom. The molecule has 3 heterocycles. The maximum absolute atomic E-state index is 13.1. The van der Waals surface area contributed by atoms with Gasteiger partial charge in [-0.05, 0) is 32.1 Å². The molecule has 3 aliphatic rings. The maximum atomic E-state index is 13.1. The van der Waals surface area contributed by atoms with Crippen LogP contribution in [0.4, 0.5) is 0 Å². The fraction of sp³-hybridized carbons (Fsp3) is 0.917. The highest BCUT2D eigenvalue weighted by atomic mass is 16.8. The number of amides is 1. The number of unbranched alkanes of at least 4 members (excludes halogenated alkanes) is 28. The van der Waals surface area contributed by atoms with E-state index in [0.29, 0.717) is 12.8 Å². The third-order valence-electron chi connectivity index (χ3n) is 15.8. The Labute approximate surface area is 473 Å². The van der Waals surface area contributed by atoms with E-state index in [-0.39, 0.29) is 18.9 Å². The van der Waals surface area contributed by atoms with E-state index in [0.717, 1.165) is 51.4 Å². The average Bonchev–Trinajstić information content (AvgIpc) is 3.55. The number of aliphatic hydroxyl groups is 11. The van der Waals surface area contributed by atoms with Crippen LogP contribution in [0, 0.1) is 0 Å².